The molecule has 1 N–H and O–H groups in total. The van der Waals surface area contributed by atoms with Gasteiger partial charge in [-0.25, -0.2) is 4.68 Å². The average molecular weight is 254 g/mol. The molecule has 0 aromatic carbocycles. The van der Waals surface area contributed by atoms with Crippen LogP contribution in [0, 0.1) is 0 Å². The highest BCUT2D eigenvalue weighted by Crippen LogP contribution is 2.13. The third kappa shape index (κ3) is 3.28. The van der Waals surface area contributed by atoms with Gasteiger partial charge in [-0.15, -0.1) is 5.10 Å². The van der Waals surface area contributed by atoms with E-state index >= 15 is 0 Å². The van der Waals surface area contributed by atoms with E-state index in [1.54, 1.807) is 10.9 Å². The molecule has 90 valence electrons. The van der Waals surface area contributed by atoms with Gasteiger partial charge in [0.2, 0.25) is 5.16 Å². The molecule has 2 rings (SSSR count). The molecule has 0 atom stereocenters. The van der Waals surface area contributed by atoms with Crippen LogP contribution in [0.4, 0.5) is 0 Å². The third-order valence-corrected chi connectivity index (χ3v) is 2.83. The average Bonchev–Trinajstić information content (AvgIpc) is 2.90. The predicted octanol–water partition coefficient (Wildman–Crippen LogP) is -0.254. The number of carbonyl (C=O) groups is 1. The van der Waals surface area contributed by atoms with Crippen LogP contribution in [0.5, 0.6) is 0 Å². The first-order valence-electron chi connectivity index (χ1n) is 4.84. The molecule has 0 amide bonds. The van der Waals surface area contributed by atoms with E-state index in [4.69, 9.17) is 5.11 Å². The first kappa shape index (κ1) is 11.6. The summed E-state index contributed by atoms with van der Waals surface area (Å²) in [5.74, 6) is -0.243. The Balaban J connectivity index is 1.86. The van der Waals surface area contributed by atoms with Gasteiger partial charge in [-0.2, -0.15) is 5.10 Å². The van der Waals surface area contributed by atoms with Crippen molar-refractivity contribution in [3.63, 3.8) is 0 Å². The summed E-state index contributed by atoms with van der Waals surface area (Å²) in [6.45, 7) is 0.495. The zero-order valence-electron chi connectivity index (χ0n) is 8.80. The number of aliphatic carboxylic acids is 1. The molecular weight excluding hydrogens is 244 g/mol. The molecule has 2 aromatic heterocycles. The minimum absolute atomic E-state index is 0.225. The van der Waals surface area contributed by atoms with Crippen molar-refractivity contribution in [3.8, 4) is 0 Å². The van der Waals surface area contributed by atoms with Crippen molar-refractivity contribution in [3.05, 3.63) is 18.5 Å². The highest BCUT2D eigenvalue weighted by atomic mass is 32.2. The van der Waals surface area contributed by atoms with E-state index in [-0.39, 0.29) is 6.54 Å². The summed E-state index contributed by atoms with van der Waals surface area (Å²) in [4.78, 5) is 10.5. The van der Waals surface area contributed by atoms with Crippen molar-refractivity contribution < 1.29 is 9.90 Å². The van der Waals surface area contributed by atoms with Gasteiger partial charge in [-0.1, -0.05) is 11.8 Å². The topological polar surface area (TPSA) is 98.7 Å². The van der Waals surface area contributed by atoms with E-state index in [9.17, 15) is 4.79 Å². The van der Waals surface area contributed by atoms with E-state index in [1.807, 2.05) is 12.3 Å². The zero-order chi connectivity index (χ0) is 12.1. The quantitative estimate of drug-likeness (QED) is 0.709. The fraction of sp³-hybridized carbons (Fsp3) is 0.375. The summed E-state index contributed by atoms with van der Waals surface area (Å²) in [6.07, 6.45) is 3.57. The van der Waals surface area contributed by atoms with Gasteiger partial charge in [-0.3, -0.25) is 9.48 Å². The number of thioether (sulfide) groups is 1. The Labute approximate surface area is 101 Å². The normalized spacial score (nSPS) is 10.6. The van der Waals surface area contributed by atoms with Crippen LogP contribution in [0.15, 0.2) is 23.6 Å². The molecule has 2 aromatic rings. The lowest BCUT2D eigenvalue weighted by molar-refractivity contribution is -0.138. The Morgan fingerprint density at radius 3 is 3.12 bits per heavy atom. The summed E-state index contributed by atoms with van der Waals surface area (Å²) >= 11 is 1.40. The summed E-state index contributed by atoms with van der Waals surface area (Å²) in [5, 5.41) is 24.0. The van der Waals surface area contributed by atoms with E-state index in [2.05, 4.69) is 20.6 Å². The molecule has 8 nitrogen and oxygen atoms in total. The van der Waals surface area contributed by atoms with Gasteiger partial charge in [0, 0.05) is 18.1 Å². The lowest BCUT2D eigenvalue weighted by atomic mass is 10.7. The van der Waals surface area contributed by atoms with E-state index < -0.39 is 5.97 Å². The largest absolute Gasteiger partial charge is 0.480 e. The number of carboxylic acid groups (broad SMARTS) is 1. The maximum absolute atomic E-state index is 10.5. The molecule has 0 fully saturated rings. The minimum atomic E-state index is -0.966. The molecule has 0 unspecified atom stereocenters. The summed E-state index contributed by atoms with van der Waals surface area (Å²) in [6, 6.07) is 1.85. The zero-order valence-corrected chi connectivity index (χ0v) is 9.62. The first-order valence-corrected chi connectivity index (χ1v) is 5.82. The Bertz CT molecular complexity index is 482. The Morgan fingerprint density at radius 1 is 1.53 bits per heavy atom. The Morgan fingerprint density at radius 2 is 2.41 bits per heavy atom. The van der Waals surface area contributed by atoms with Crippen molar-refractivity contribution in [2.24, 2.45) is 0 Å². The maximum Gasteiger partial charge on any atom is 0.325 e. The molecule has 0 saturated heterocycles. The Hall–Kier alpha value is -1.90. The van der Waals surface area contributed by atoms with Crippen LogP contribution in [0.3, 0.4) is 0 Å². The second-order valence-corrected chi connectivity index (χ2v) is 4.19. The second-order valence-electron chi connectivity index (χ2n) is 3.13. The number of nitrogens with zero attached hydrogens (tertiary/aromatic N) is 6. The Kier molecular flexibility index (Phi) is 3.70. The maximum atomic E-state index is 10.5. The van der Waals surface area contributed by atoms with Gasteiger partial charge in [0.1, 0.15) is 6.54 Å². The third-order valence-electron chi connectivity index (χ3n) is 1.89. The van der Waals surface area contributed by atoms with Crippen LogP contribution in [-0.2, 0) is 17.9 Å². The lowest BCUT2D eigenvalue weighted by Gasteiger charge is -2.01. The number of tetrazole rings is 1. The molecule has 9 heteroatoms. The molecule has 0 radical (unpaired) electrons. The summed E-state index contributed by atoms with van der Waals surface area (Å²) in [7, 11) is 0. The standard InChI is InChI=1S/C8H10N6O2S/c15-7(16)6-14-8(10-11-12-14)17-5-4-13-3-1-2-9-13/h1-3H,4-6H2,(H,15,16). The van der Waals surface area contributed by atoms with E-state index in [1.165, 1.54) is 16.4 Å². The highest BCUT2D eigenvalue weighted by Gasteiger charge is 2.09. The van der Waals surface area contributed by atoms with Gasteiger partial charge in [0.25, 0.3) is 0 Å². The number of aromatic nitrogens is 6. The molecule has 2 heterocycles. The van der Waals surface area contributed by atoms with Gasteiger partial charge >= 0.3 is 5.97 Å². The van der Waals surface area contributed by atoms with Gasteiger partial charge in [0.05, 0.1) is 6.54 Å². The SMILES string of the molecule is O=C(O)Cn1nnnc1SCCn1cccn1. The van der Waals surface area contributed by atoms with Crippen molar-refractivity contribution in [2.45, 2.75) is 18.2 Å². The molecule has 0 aliphatic heterocycles. The first-order chi connectivity index (χ1) is 8.25. The van der Waals surface area contributed by atoms with Crippen molar-refractivity contribution in [2.75, 3.05) is 5.75 Å². The van der Waals surface area contributed by atoms with Crippen LogP contribution in [0.25, 0.3) is 0 Å². The number of aryl methyl sites for hydroxylation is 1. The molecule has 0 saturated carbocycles. The summed E-state index contributed by atoms with van der Waals surface area (Å²) in [5.41, 5.74) is 0. The number of carboxylic acids is 1. The smallest absolute Gasteiger partial charge is 0.325 e. The minimum Gasteiger partial charge on any atom is -0.480 e. The lowest BCUT2D eigenvalue weighted by Crippen LogP contribution is -2.12. The molecule has 0 bridgehead atoms. The number of hydrogen-bond donors (Lipinski definition) is 1. The molecule has 0 spiro atoms. The summed E-state index contributed by atoms with van der Waals surface area (Å²) < 4.78 is 3.05. The van der Waals surface area contributed by atoms with Crippen molar-refractivity contribution in [1.29, 1.82) is 0 Å². The van der Waals surface area contributed by atoms with Gasteiger partial charge < -0.3 is 5.11 Å². The number of rotatable bonds is 6. The fourth-order valence-corrected chi connectivity index (χ4v) is 2.00. The van der Waals surface area contributed by atoms with Crippen molar-refractivity contribution in [1.82, 2.24) is 30.0 Å². The van der Waals surface area contributed by atoms with E-state index in [0.29, 0.717) is 5.16 Å². The van der Waals surface area contributed by atoms with Crippen LogP contribution in [0.2, 0.25) is 0 Å². The monoisotopic (exact) mass is 254 g/mol. The molecular formula is C8H10N6O2S. The highest BCUT2D eigenvalue weighted by molar-refractivity contribution is 7.99. The molecule has 17 heavy (non-hydrogen) atoms. The van der Waals surface area contributed by atoms with E-state index in [0.717, 1.165) is 12.3 Å². The van der Waals surface area contributed by atoms with Gasteiger partial charge in [0.15, 0.2) is 0 Å². The van der Waals surface area contributed by atoms with Crippen LogP contribution >= 0.6 is 11.8 Å². The molecule has 0 aliphatic carbocycles. The van der Waals surface area contributed by atoms with Crippen LogP contribution in [0.1, 0.15) is 0 Å². The fourth-order valence-electron chi connectivity index (χ4n) is 1.19. The van der Waals surface area contributed by atoms with Crippen LogP contribution in [-0.4, -0.2) is 46.8 Å². The molecule has 0 aliphatic rings. The number of hydrogen-bond acceptors (Lipinski definition) is 6. The van der Waals surface area contributed by atoms with Crippen LogP contribution < -0.4 is 0 Å². The van der Waals surface area contributed by atoms with Gasteiger partial charge in [-0.05, 0) is 16.5 Å². The second kappa shape index (κ2) is 5.43. The predicted molar refractivity (Wildman–Crippen MR) is 58.4 cm³/mol. The van der Waals surface area contributed by atoms with Crippen molar-refractivity contribution >= 4 is 17.7 Å².